The zero-order valence-electron chi connectivity index (χ0n) is 20.4. The molecule has 0 aliphatic heterocycles. The Labute approximate surface area is 198 Å². The highest BCUT2D eigenvalue weighted by molar-refractivity contribution is 7.92. The van der Waals surface area contributed by atoms with E-state index < -0.39 is 16.1 Å². The fraction of sp³-hybridized carbons (Fsp3) is 0.480. The third kappa shape index (κ3) is 7.67. The molecule has 7 nitrogen and oxygen atoms in total. The van der Waals surface area contributed by atoms with Gasteiger partial charge < -0.3 is 14.8 Å². The van der Waals surface area contributed by atoms with Crippen molar-refractivity contribution in [1.82, 2.24) is 5.32 Å². The SMILES string of the molecule is CCOc1ccc(N(C(CC)C(=O)NCCOc2ccc(C(C)(C)C)cc2)S(C)(=O)=O)cc1. The van der Waals surface area contributed by atoms with Gasteiger partial charge in [-0.05, 0) is 60.7 Å². The van der Waals surface area contributed by atoms with Crippen molar-refractivity contribution in [2.75, 3.05) is 30.3 Å². The van der Waals surface area contributed by atoms with Crippen molar-refractivity contribution in [3.8, 4) is 11.5 Å². The van der Waals surface area contributed by atoms with Crippen LogP contribution in [0.1, 0.15) is 46.6 Å². The molecule has 0 bridgehead atoms. The third-order valence-electron chi connectivity index (χ3n) is 5.12. The van der Waals surface area contributed by atoms with E-state index in [1.54, 1.807) is 31.2 Å². The predicted molar refractivity (Wildman–Crippen MR) is 133 cm³/mol. The zero-order chi connectivity index (χ0) is 24.6. The van der Waals surface area contributed by atoms with E-state index in [2.05, 4.69) is 26.1 Å². The van der Waals surface area contributed by atoms with Crippen molar-refractivity contribution in [3.63, 3.8) is 0 Å². The molecule has 0 spiro atoms. The lowest BCUT2D eigenvalue weighted by Crippen LogP contribution is -2.50. The van der Waals surface area contributed by atoms with Crippen LogP contribution in [0.3, 0.4) is 0 Å². The second kappa shape index (κ2) is 11.4. The molecule has 2 aromatic rings. The average Bonchev–Trinajstić information content (AvgIpc) is 2.74. The number of hydrogen-bond acceptors (Lipinski definition) is 5. The summed E-state index contributed by atoms with van der Waals surface area (Å²) in [7, 11) is -3.69. The Morgan fingerprint density at radius 1 is 0.970 bits per heavy atom. The number of rotatable bonds is 11. The normalized spacial score (nSPS) is 12.7. The molecule has 8 heteroatoms. The molecular weight excluding hydrogens is 440 g/mol. The molecule has 1 amide bonds. The topological polar surface area (TPSA) is 84.9 Å². The van der Waals surface area contributed by atoms with Gasteiger partial charge in [-0.25, -0.2) is 8.42 Å². The maximum atomic E-state index is 12.9. The van der Waals surface area contributed by atoms with Gasteiger partial charge in [0.1, 0.15) is 24.1 Å². The van der Waals surface area contributed by atoms with Crippen molar-refractivity contribution in [2.24, 2.45) is 0 Å². The zero-order valence-corrected chi connectivity index (χ0v) is 21.2. The highest BCUT2D eigenvalue weighted by Crippen LogP contribution is 2.26. The van der Waals surface area contributed by atoms with Gasteiger partial charge in [-0.15, -0.1) is 0 Å². The van der Waals surface area contributed by atoms with E-state index in [1.165, 1.54) is 5.56 Å². The van der Waals surface area contributed by atoms with Crippen LogP contribution in [0.5, 0.6) is 11.5 Å². The Kier molecular flexibility index (Phi) is 9.16. The fourth-order valence-corrected chi connectivity index (χ4v) is 4.64. The Morgan fingerprint density at radius 2 is 1.52 bits per heavy atom. The second-order valence-electron chi connectivity index (χ2n) is 8.82. The summed E-state index contributed by atoms with van der Waals surface area (Å²) in [4.78, 5) is 12.9. The molecule has 33 heavy (non-hydrogen) atoms. The first-order valence-corrected chi connectivity index (χ1v) is 13.1. The van der Waals surface area contributed by atoms with Gasteiger partial charge in [-0.3, -0.25) is 9.10 Å². The quantitative estimate of drug-likeness (QED) is 0.493. The van der Waals surface area contributed by atoms with Gasteiger partial charge in [0.15, 0.2) is 0 Å². The number of sulfonamides is 1. The van der Waals surface area contributed by atoms with E-state index in [0.717, 1.165) is 16.3 Å². The van der Waals surface area contributed by atoms with Crippen molar-refractivity contribution in [3.05, 3.63) is 54.1 Å². The van der Waals surface area contributed by atoms with Gasteiger partial charge in [0.25, 0.3) is 0 Å². The van der Waals surface area contributed by atoms with E-state index in [0.29, 0.717) is 24.5 Å². The van der Waals surface area contributed by atoms with Gasteiger partial charge >= 0.3 is 0 Å². The highest BCUT2D eigenvalue weighted by Gasteiger charge is 2.31. The lowest BCUT2D eigenvalue weighted by molar-refractivity contribution is -0.122. The van der Waals surface area contributed by atoms with E-state index in [4.69, 9.17) is 9.47 Å². The van der Waals surface area contributed by atoms with Gasteiger partial charge in [0, 0.05) is 0 Å². The molecule has 0 heterocycles. The van der Waals surface area contributed by atoms with Crippen LogP contribution in [0.25, 0.3) is 0 Å². The van der Waals surface area contributed by atoms with Crippen molar-refractivity contribution in [1.29, 1.82) is 0 Å². The minimum absolute atomic E-state index is 0.0660. The van der Waals surface area contributed by atoms with Crippen molar-refractivity contribution >= 4 is 21.6 Å². The molecular formula is C25H36N2O5S. The minimum atomic E-state index is -3.69. The van der Waals surface area contributed by atoms with E-state index >= 15 is 0 Å². The number of carbonyl (C=O) groups excluding carboxylic acids is 1. The molecule has 1 unspecified atom stereocenters. The number of nitrogens with zero attached hydrogens (tertiary/aromatic N) is 1. The number of ether oxygens (including phenoxy) is 2. The fourth-order valence-electron chi connectivity index (χ4n) is 3.43. The third-order valence-corrected chi connectivity index (χ3v) is 6.30. The molecule has 1 N–H and O–H groups in total. The first-order chi connectivity index (χ1) is 15.5. The Morgan fingerprint density at radius 3 is 2.00 bits per heavy atom. The van der Waals surface area contributed by atoms with Crippen LogP contribution in [0.15, 0.2) is 48.5 Å². The second-order valence-corrected chi connectivity index (χ2v) is 10.7. The Balaban J connectivity index is 2.01. The van der Waals surface area contributed by atoms with Crippen LogP contribution < -0.4 is 19.1 Å². The van der Waals surface area contributed by atoms with Gasteiger partial charge in [0.05, 0.1) is 25.1 Å². The summed E-state index contributed by atoms with van der Waals surface area (Å²) < 4.78 is 37.4. The van der Waals surface area contributed by atoms with Gasteiger partial charge in [-0.1, -0.05) is 39.8 Å². The van der Waals surface area contributed by atoms with Gasteiger partial charge in [-0.2, -0.15) is 0 Å². The van der Waals surface area contributed by atoms with E-state index in [1.807, 2.05) is 31.2 Å². The first-order valence-electron chi connectivity index (χ1n) is 11.2. The number of nitrogens with one attached hydrogen (secondary N) is 1. The molecule has 2 aromatic carbocycles. The largest absolute Gasteiger partial charge is 0.494 e. The molecule has 1 atom stereocenters. The molecule has 0 fully saturated rings. The first kappa shape index (κ1) is 26.5. The summed E-state index contributed by atoms with van der Waals surface area (Å²) in [5.41, 5.74) is 1.69. The summed E-state index contributed by atoms with van der Waals surface area (Å²) in [5, 5.41) is 2.80. The molecule has 0 aliphatic rings. The lowest BCUT2D eigenvalue weighted by atomic mass is 9.87. The van der Waals surface area contributed by atoms with Crippen LogP contribution in [-0.4, -0.2) is 46.4 Å². The van der Waals surface area contributed by atoms with E-state index in [-0.39, 0.29) is 24.5 Å². The van der Waals surface area contributed by atoms with Crippen molar-refractivity contribution < 1.29 is 22.7 Å². The van der Waals surface area contributed by atoms with Crippen LogP contribution in [-0.2, 0) is 20.2 Å². The highest BCUT2D eigenvalue weighted by atomic mass is 32.2. The van der Waals surface area contributed by atoms with Crippen molar-refractivity contribution in [2.45, 2.75) is 52.5 Å². The number of benzene rings is 2. The number of hydrogen-bond donors (Lipinski definition) is 1. The van der Waals surface area contributed by atoms with Crippen LogP contribution in [0.2, 0.25) is 0 Å². The molecule has 0 saturated carbocycles. The molecule has 0 saturated heterocycles. The maximum Gasteiger partial charge on any atom is 0.244 e. The Hall–Kier alpha value is -2.74. The molecule has 0 radical (unpaired) electrons. The monoisotopic (exact) mass is 476 g/mol. The number of anilines is 1. The number of carbonyl (C=O) groups is 1. The van der Waals surface area contributed by atoms with Crippen LogP contribution in [0, 0.1) is 0 Å². The summed E-state index contributed by atoms with van der Waals surface area (Å²) in [6.45, 7) is 11.2. The standard InChI is InChI=1S/C25H36N2O5S/c1-7-23(27(33(6,29)30)20-11-15-21(16-12-20)31-8-2)24(28)26-17-18-32-22-13-9-19(10-14-22)25(3,4)5/h9-16,23H,7-8,17-18H2,1-6H3,(H,26,28). The summed E-state index contributed by atoms with van der Waals surface area (Å²) in [5.74, 6) is 0.986. The van der Waals surface area contributed by atoms with E-state index in [9.17, 15) is 13.2 Å². The molecule has 0 aliphatic carbocycles. The maximum absolute atomic E-state index is 12.9. The lowest BCUT2D eigenvalue weighted by Gasteiger charge is -2.30. The molecule has 0 aromatic heterocycles. The molecule has 2 rings (SSSR count). The van der Waals surface area contributed by atoms with Crippen LogP contribution >= 0.6 is 0 Å². The smallest absolute Gasteiger partial charge is 0.244 e. The van der Waals surface area contributed by atoms with Crippen LogP contribution in [0.4, 0.5) is 5.69 Å². The molecule has 182 valence electrons. The minimum Gasteiger partial charge on any atom is -0.494 e. The summed E-state index contributed by atoms with van der Waals surface area (Å²) in [6.07, 6.45) is 1.42. The summed E-state index contributed by atoms with van der Waals surface area (Å²) >= 11 is 0. The predicted octanol–water partition coefficient (Wildman–Crippen LogP) is 4.12. The average molecular weight is 477 g/mol. The van der Waals surface area contributed by atoms with Gasteiger partial charge in [0.2, 0.25) is 15.9 Å². The number of amides is 1. The summed E-state index contributed by atoms with van der Waals surface area (Å²) in [6, 6.07) is 13.7. The Bertz CT molecular complexity index is 997.